The van der Waals surface area contributed by atoms with Gasteiger partial charge in [0.1, 0.15) is 12.1 Å². The molecule has 2 aromatic heterocycles. The molecule has 0 N–H and O–H groups in total. The molecule has 0 atom stereocenters. The van der Waals surface area contributed by atoms with Crippen molar-refractivity contribution in [1.29, 1.82) is 0 Å². The maximum atomic E-state index is 5.89. The SMILES string of the molecule is c1ccc(Oc2cc(-n3nc(-c4ccccc4)cc3-c3ccccc3)ncn2)cc1. The van der Waals surface area contributed by atoms with Crippen molar-refractivity contribution < 1.29 is 4.74 Å². The Morgan fingerprint density at radius 3 is 1.97 bits per heavy atom. The number of rotatable bonds is 5. The minimum atomic E-state index is 0.460. The molecule has 0 spiro atoms. The molecule has 144 valence electrons. The fraction of sp³-hybridized carbons (Fsp3) is 0. The molecule has 0 saturated carbocycles. The largest absolute Gasteiger partial charge is 0.439 e. The fourth-order valence-corrected chi connectivity index (χ4v) is 3.23. The van der Waals surface area contributed by atoms with E-state index < -0.39 is 0 Å². The zero-order valence-electron chi connectivity index (χ0n) is 16.1. The van der Waals surface area contributed by atoms with E-state index in [1.54, 1.807) is 6.07 Å². The first-order chi connectivity index (χ1) is 14.9. The lowest BCUT2D eigenvalue weighted by Gasteiger charge is -2.09. The van der Waals surface area contributed by atoms with Gasteiger partial charge >= 0.3 is 0 Å². The van der Waals surface area contributed by atoms with Crippen molar-refractivity contribution in [1.82, 2.24) is 19.7 Å². The third-order valence-corrected chi connectivity index (χ3v) is 4.66. The van der Waals surface area contributed by atoms with Crippen molar-refractivity contribution in [3.05, 3.63) is 109 Å². The summed E-state index contributed by atoms with van der Waals surface area (Å²) in [5.41, 5.74) is 3.91. The normalized spacial score (nSPS) is 10.7. The van der Waals surface area contributed by atoms with E-state index in [1.807, 2.05) is 83.5 Å². The first kappa shape index (κ1) is 17.8. The second-order valence-corrected chi connectivity index (χ2v) is 6.69. The number of aromatic nitrogens is 4. The second kappa shape index (κ2) is 8.01. The van der Waals surface area contributed by atoms with Crippen molar-refractivity contribution in [3.63, 3.8) is 0 Å². The van der Waals surface area contributed by atoms with Crippen LogP contribution < -0.4 is 4.74 Å². The first-order valence-corrected chi connectivity index (χ1v) is 9.63. The number of hydrogen-bond acceptors (Lipinski definition) is 4. The Morgan fingerprint density at radius 2 is 1.27 bits per heavy atom. The van der Waals surface area contributed by atoms with E-state index in [0.29, 0.717) is 11.7 Å². The summed E-state index contributed by atoms with van der Waals surface area (Å²) in [6.45, 7) is 0. The van der Waals surface area contributed by atoms with E-state index in [4.69, 9.17) is 9.84 Å². The highest BCUT2D eigenvalue weighted by molar-refractivity contribution is 5.70. The molecule has 30 heavy (non-hydrogen) atoms. The van der Waals surface area contributed by atoms with Crippen LogP contribution >= 0.6 is 0 Å². The third-order valence-electron chi connectivity index (χ3n) is 4.66. The standard InChI is InChI=1S/C25H18N4O/c1-4-10-19(11-5-1)22-16-23(20-12-6-2-7-13-20)29(28-22)24-17-25(27-18-26-24)30-21-14-8-3-9-15-21/h1-18H. The topological polar surface area (TPSA) is 52.8 Å². The zero-order chi connectivity index (χ0) is 20.2. The van der Waals surface area contributed by atoms with Gasteiger partial charge in [0, 0.05) is 17.2 Å². The van der Waals surface area contributed by atoms with Crippen LogP contribution in [0.4, 0.5) is 0 Å². The van der Waals surface area contributed by atoms with Crippen LogP contribution in [-0.2, 0) is 0 Å². The Labute approximate surface area is 174 Å². The molecule has 0 aliphatic carbocycles. The molecule has 0 bridgehead atoms. The minimum Gasteiger partial charge on any atom is -0.439 e. The quantitative estimate of drug-likeness (QED) is 0.381. The molecule has 5 heteroatoms. The summed E-state index contributed by atoms with van der Waals surface area (Å²) in [6, 6.07) is 33.7. The van der Waals surface area contributed by atoms with E-state index in [1.165, 1.54) is 6.33 Å². The molecular formula is C25H18N4O. The van der Waals surface area contributed by atoms with Crippen LogP contribution in [0.1, 0.15) is 0 Å². The smallest absolute Gasteiger partial charge is 0.224 e. The average Bonchev–Trinajstić information content (AvgIpc) is 3.27. The van der Waals surface area contributed by atoms with Gasteiger partial charge in [-0.05, 0) is 18.2 Å². The number of benzene rings is 3. The van der Waals surface area contributed by atoms with E-state index >= 15 is 0 Å². The molecule has 0 unspecified atom stereocenters. The van der Waals surface area contributed by atoms with Crippen molar-refractivity contribution in [2.45, 2.75) is 0 Å². The number of para-hydroxylation sites is 1. The van der Waals surface area contributed by atoms with E-state index in [0.717, 1.165) is 28.3 Å². The summed E-state index contributed by atoms with van der Waals surface area (Å²) in [5, 5.41) is 4.85. The molecule has 5 nitrogen and oxygen atoms in total. The molecule has 5 rings (SSSR count). The highest BCUT2D eigenvalue weighted by atomic mass is 16.5. The van der Waals surface area contributed by atoms with Crippen LogP contribution in [-0.4, -0.2) is 19.7 Å². The maximum absolute atomic E-state index is 5.89. The van der Waals surface area contributed by atoms with Gasteiger partial charge in [0.25, 0.3) is 0 Å². The Kier molecular flexibility index (Phi) is 4.76. The Hall–Kier alpha value is -4.25. The molecular weight excluding hydrogens is 372 g/mol. The molecule has 0 saturated heterocycles. The maximum Gasteiger partial charge on any atom is 0.224 e. The Bertz CT molecular complexity index is 1250. The van der Waals surface area contributed by atoms with Crippen molar-refractivity contribution >= 4 is 0 Å². The summed E-state index contributed by atoms with van der Waals surface area (Å²) in [6.07, 6.45) is 1.49. The van der Waals surface area contributed by atoms with Crippen LogP contribution in [0.3, 0.4) is 0 Å². The summed E-state index contributed by atoms with van der Waals surface area (Å²) < 4.78 is 7.72. The molecule has 0 aliphatic rings. The van der Waals surface area contributed by atoms with Gasteiger partial charge < -0.3 is 4.74 Å². The summed E-state index contributed by atoms with van der Waals surface area (Å²) in [4.78, 5) is 8.71. The van der Waals surface area contributed by atoms with Crippen LogP contribution in [0.15, 0.2) is 109 Å². The van der Waals surface area contributed by atoms with Gasteiger partial charge in [0.15, 0.2) is 5.82 Å². The second-order valence-electron chi connectivity index (χ2n) is 6.69. The molecule has 3 aromatic carbocycles. The zero-order valence-corrected chi connectivity index (χ0v) is 16.1. The summed E-state index contributed by atoms with van der Waals surface area (Å²) in [5.74, 6) is 1.81. The molecule has 0 radical (unpaired) electrons. The van der Waals surface area contributed by atoms with Gasteiger partial charge in [-0.15, -0.1) is 0 Å². The van der Waals surface area contributed by atoms with Crippen molar-refractivity contribution in [2.75, 3.05) is 0 Å². The number of hydrogen-bond donors (Lipinski definition) is 0. The number of nitrogens with zero attached hydrogens (tertiary/aromatic N) is 4. The van der Waals surface area contributed by atoms with Gasteiger partial charge in [0.05, 0.1) is 11.4 Å². The van der Waals surface area contributed by atoms with Crippen LogP contribution in [0.2, 0.25) is 0 Å². The van der Waals surface area contributed by atoms with Gasteiger partial charge in [0.2, 0.25) is 5.88 Å². The lowest BCUT2D eigenvalue weighted by atomic mass is 10.1. The van der Waals surface area contributed by atoms with Crippen LogP contribution in [0, 0.1) is 0 Å². The van der Waals surface area contributed by atoms with Gasteiger partial charge in [-0.3, -0.25) is 0 Å². The van der Waals surface area contributed by atoms with Crippen LogP contribution in [0.25, 0.3) is 28.3 Å². The lowest BCUT2D eigenvalue weighted by molar-refractivity contribution is 0.460. The summed E-state index contributed by atoms with van der Waals surface area (Å²) in [7, 11) is 0. The monoisotopic (exact) mass is 390 g/mol. The van der Waals surface area contributed by atoms with E-state index in [9.17, 15) is 0 Å². The van der Waals surface area contributed by atoms with Gasteiger partial charge in [-0.2, -0.15) is 5.10 Å². The van der Waals surface area contributed by atoms with Crippen molar-refractivity contribution in [2.24, 2.45) is 0 Å². The van der Waals surface area contributed by atoms with Crippen molar-refractivity contribution in [3.8, 4) is 40.0 Å². The minimum absolute atomic E-state index is 0.460. The predicted molar refractivity (Wildman–Crippen MR) is 117 cm³/mol. The summed E-state index contributed by atoms with van der Waals surface area (Å²) >= 11 is 0. The molecule has 0 amide bonds. The number of ether oxygens (including phenoxy) is 1. The highest BCUT2D eigenvalue weighted by Crippen LogP contribution is 2.29. The van der Waals surface area contributed by atoms with E-state index in [-0.39, 0.29) is 0 Å². The molecule has 5 aromatic rings. The van der Waals surface area contributed by atoms with E-state index in [2.05, 4.69) is 28.2 Å². The fourth-order valence-electron chi connectivity index (χ4n) is 3.23. The molecule has 0 aliphatic heterocycles. The van der Waals surface area contributed by atoms with Crippen LogP contribution in [0.5, 0.6) is 11.6 Å². The molecule has 0 fully saturated rings. The average molecular weight is 390 g/mol. The molecule has 2 heterocycles. The first-order valence-electron chi connectivity index (χ1n) is 9.63. The highest BCUT2D eigenvalue weighted by Gasteiger charge is 2.15. The Balaban J connectivity index is 1.59. The third kappa shape index (κ3) is 3.69. The van der Waals surface area contributed by atoms with Gasteiger partial charge in [-0.1, -0.05) is 78.9 Å². The predicted octanol–water partition coefficient (Wildman–Crippen LogP) is 5.79. The Morgan fingerprint density at radius 1 is 0.633 bits per heavy atom. The van der Waals surface area contributed by atoms with Gasteiger partial charge in [-0.25, -0.2) is 14.6 Å². The lowest BCUT2D eigenvalue weighted by Crippen LogP contribution is -2.03.